The summed E-state index contributed by atoms with van der Waals surface area (Å²) in [6.45, 7) is 5.25. The summed E-state index contributed by atoms with van der Waals surface area (Å²) in [5, 5.41) is 0. The van der Waals surface area contributed by atoms with Gasteiger partial charge in [0, 0.05) is 38.2 Å². The van der Waals surface area contributed by atoms with Crippen LogP contribution in [0.25, 0.3) is 0 Å². The van der Waals surface area contributed by atoms with Crippen LogP contribution >= 0.6 is 0 Å². The van der Waals surface area contributed by atoms with Crippen LogP contribution in [0.2, 0.25) is 0 Å². The lowest BCUT2D eigenvalue weighted by Crippen LogP contribution is -2.35. The molecular weight excluding hydrogens is 440 g/mol. The summed E-state index contributed by atoms with van der Waals surface area (Å²) in [5.74, 6) is 1.50. The number of para-hydroxylation sites is 1. The molecule has 7 nitrogen and oxygen atoms in total. The molecule has 4 rings (SSSR count). The number of sulfonamides is 1. The largest absolute Gasteiger partial charge is 0.486 e. The third-order valence-corrected chi connectivity index (χ3v) is 8.16. The van der Waals surface area contributed by atoms with E-state index in [4.69, 9.17) is 9.47 Å². The van der Waals surface area contributed by atoms with E-state index in [9.17, 15) is 13.2 Å². The zero-order valence-corrected chi connectivity index (χ0v) is 20.0. The zero-order chi connectivity index (χ0) is 23.3. The Morgan fingerprint density at radius 3 is 2.45 bits per heavy atom. The van der Waals surface area contributed by atoms with Crippen LogP contribution in [-0.4, -0.2) is 56.4 Å². The van der Waals surface area contributed by atoms with Gasteiger partial charge in [0.2, 0.25) is 15.9 Å². The molecule has 0 N–H and O–H groups in total. The standard InChI is InChI=1S/C25H32N2O5S/c1-2-26(19-21-7-6-8-23-25(21)32-18-17-31-23)24(28)14-11-20-9-12-22(13-10-20)33(29,30)27-15-4-3-5-16-27/h6-10,12-13H,2-5,11,14-19H2,1H3. The fourth-order valence-corrected chi connectivity index (χ4v) is 5.85. The van der Waals surface area contributed by atoms with Crippen LogP contribution in [0.4, 0.5) is 0 Å². The second kappa shape index (κ2) is 10.6. The molecule has 1 fully saturated rings. The molecular formula is C25H32N2O5S. The van der Waals surface area contributed by atoms with Gasteiger partial charge in [-0.05, 0) is 49.9 Å². The quantitative estimate of drug-likeness (QED) is 0.587. The van der Waals surface area contributed by atoms with Gasteiger partial charge in [-0.3, -0.25) is 4.79 Å². The fourth-order valence-electron chi connectivity index (χ4n) is 4.33. The maximum Gasteiger partial charge on any atom is 0.243 e. The normalized spacial score (nSPS) is 16.4. The van der Waals surface area contributed by atoms with Gasteiger partial charge in [0.15, 0.2) is 11.5 Å². The summed E-state index contributed by atoms with van der Waals surface area (Å²) in [5.41, 5.74) is 1.89. The van der Waals surface area contributed by atoms with Gasteiger partial charge in [-0.25, -0.2) is 8.42 Å². The van der Waals surface area contributed by atoms with Crippen LogP contribution in [-0.2, 0) is 27.8 Å². The first kappa shape index (κ1) is 23.6. The number of nitrogens with zero attached hydrogens (tertiary/aromatic N) is 2. The second-order valence-corrected chi connectivity index (χ2v) is 10.4. The minimum atomic E-state index is -3.43. The molecule has 178 valence electrons. The summed E-state index contributed by atoms with van der Waals surface area (Å²) < 4.78 is 38.6. The summed E-state index contributed by atoms with van der Waals surface area (Å²) in [4.78, 5) is 15.0. The Morgan fingerprint density at radius 2 is 1.73 bits per heavy atom. The van der Waals surface area contributed by atoms with Crippen molar-refractivity contribution in [1.29, 1.82) is 0 Å². The zero-order valence-electron chi connectivity index (χ0n) is 19.2. The van der Waals surface area contributed by atoms with E-state index in [1.807, 2.05) is 42.2 Å². The molecule has 0 radical (unpaired) electrons. The van der Waals surface area contributed by atoms with E-state index in [0.717, 1.165) is 41.9 Å². The lowest BCUT2D eigenvalue weighted by atomic mass is 10.1. The summed E-state index contributed by atoms with van der Waals surface area (Å²) in [6, 6.07) is 12.7. The highest BCUT2D eigenvalue weighted by Crippen LogP contribution is 2.34. The van der Waals surface area contributed by atoms with Crippen molar-refractivity contribution in [3.63, 3.8) is 0 Å². The van der Waals surface area contributed by atoms with Crippen LogP contribution in [0.3, 0.4) is 0 Å². The van der Waals surface area contributed by atoms with Crippen molar-refractivity contribution in [1.82, 2.24) is 9.21 Å². The monoisotopic (exact) mass is 472 g/mol. The number of carbonyl (C=O) groups excluding carboxylic acids is 1. The van der Waals surface area contributed by atoms with Gasteiger partial charge >= 0.3 is 0 Å². The van der Waals surface area contributed by atoms with E-state index in [1.54, 1.807) is 16.4 Å². The first-order chi connectivity index (χ1) is 16.0. The molecule has 33 heavy (non-hydrogen) atoms. The maximum atomic E-state index is 12.9. The predicted octanol–water partition coefficient (Wildman–Crippen LogP) is 3.61. The first-order valence-corrected chi connectivity index (χ1v) is 13.2. The summed E-state index contributed by atoms with van der Waals surface area (Å²) >= 11 is 0. The lowest BCUT2D eigenvalue weighted by molar-refractivity contribution is -0.131. The number of benzene rings is 2. The van der Waals surface area contributed by atoms with E-state index < -0.39 is 10.0 Å². The van der Waals surface area contributed by atoms with Gasteiger partial charge in [0.25, 0.3) is 0 Å². The number of carbonyl (C=O) groups is 1. The van der Waals surface area contributed by atoms with Crippen LogP contribution in [0.1, 0.15) is 43.7 Å². The van der Waals surface area contributed by atoms with Crippen LogP contribution < -0.4 is 9.47 Å². The third kappa shape index (κ3) is 5.50. The molecule has 2 aliphatic heterocycles. The van der Waals surface area contributed by atoms with Crippen molar-refractivity contribution in [3.05, 3.63) is 53.6 Å². The number of fused-ring (bicyclic) bond motifs is 1. The molecule has 2 heterocycles. The average Bonchev–Trinajstić information content (AvgIpc) is 2.86. The van der Waals surface area contributed by atoms with Crippen molar-refractivity contribution in [2.45, 2.75) is 50.5 Å². The molecule has 0 aliphatic carbocycles. The van der Waals surface area contributed by atoms with E-state index in [-0.39, 0.29) is 5.91 Å². The minimum Gasteiger partial charge on any atom is -0.486 e. The van der Waals surface area contributed by atoms with Crippen molar-refractivity contribution in [3.8, 4) is 11.5 Å². The molecule has 0 unspecified atom stereocenters. The van der Waals surface area contributed by atoms with E-state index >= 15 is 0 Å². The Bertz CT molecular complexity index is 1060. The molecule has 2 aromatic rings. The van der Waals surface area contributed by atoms with Crippen molar-refractivity contribution in [2.24, 2.45) is 0 Å². The van der Waals surface area contributed by atoms with Gasteiger partial charge in [0.1, 0.15) is 13.2 Å². The Hall–Kier alpha value is -2.58. The number of aryl methyl sites for hydroxylation is 1. The molecule has 0 saturated carbocycles. The van der Waals surface area contributed by atoms with Gasteiger partial charge in [-0.2, -0.15) is 4.31 Å². The molecule has 1 saturated heterocycles. The molecule has 0 aromatic heterocycles. The van der Waals surface area contributed by atoms with Gasteiger partial charge in [-0.15, -0.1) is 0 Å². The Morgan fingerprint density at radius 1 is 1.00 bits per heavy atom. The maximum absolute atomic E-state index is 12.9. The number of ether oxygens (including phenoxy) is 2. The van der Waals surface area contributed by atoms with Crippen molar-refractivity contribution < 1.29 is 22.7 Å². The van der Waals surface area contributed by atoms with Gasteiger partial charge in [-0.1, -0.05) is 30.7 Å². The molecule has 1 amide bonds. The first-order valence-electron chi connectivity index (χ1n) is 11.7. The van der Waals surface area contributed by atoms with E-state index in [2.05, 4.69) is 0 Å². The molecule has 0 spiro atoms. The highest BCUT2D eigenvalue weighted by molar-refractivity contribution is 7.89. The number of hydrogen-bond donors (Lipinski definition) is 0. The van der Waals surface area contributed by atoms with Crippen LogP contribution in [0.5, 0.6) is 11.5 Å². The SMILES string of the molecule is CCN(Cc1cccc2c1OCCO2)C(=O)CCc1ccc(S(=O)(=O)N2CCCCC2)cc1. The molecule has 0 atom stereocenters. The Labute approximate surface area is 196 Å². The molecule has 0 bridgehead atoms. The molecule has 2 aliphatic rings. The highest BCUT2D eigenvalue weighted by Gasteiger charge is 2.26. The smallest absolute Gasteiger partial charge is 0.243 e. The number of rotatable bonds is 8. The fraction of sp³-hybridized carbons (Fsp3) is 0.480. The summed E-state index contributed by atoms with van der Waals surface area (Å²) in [7, 11) is -3.43. The highest BCUT2D eigenvalue weighted by atomic mass is 32.2. The number of piperidine rings is 1. The average molecular weight is 473 g/mol. The molecule has 8 heteroatoms. The van der Waals surface area contributed by atoms with E-state index in [1.165, 1.54) is 0 Å². The van der Waals surface area contributed by atoms with Crippen molar-refractivity contribution in [2.75, 3.05) is 32.8 Å². The number of amides is 1. The topological polar surface area (TPSA) is 76.1 Å². The predicted molar refractivity (Wildman–Crippen MR) is 126 cm³/mol. The summed E-state index contributed by atoms with van der Waals surface area (Å²) in [6.07, 6.45) is 3.84. The Balaban J connectivity index is 1.36. The number of hydrogen-bond acceptors (Lipinski definition) is 5. The third-order valence-electron chi connectivity index (χ3n) is 6.25. The Kier molecular flexibility index (Phi) is 7.55. The van der Waals surface area contributed by atoms with Crippen LogP contribution in [0.15, 0.2) is 47.4 Å². The second-order valence-electron chi connectivity index (χ2n) is 8.46. The van der Waals surface area contributed by atoms with Gasteiger partial charge < -0.3 is 14.4 Å². The van der Waals surface area contributed by atoms with Crippen LogP contribution in [0, 0.1) is 0 Å². The van der Waals surface area contributed by atoms with E-state index in [0.29, 0.717) is 57.1 Å². The minimum absolute atomic E-state index is 0.0526. The van der Waals surface area contributed by atoms with Crippen molar-refractivity contribution >= 4 is 15.9 Å². The molecule has 2 aromatic carbocycles. The van der Waals surface area contributed by atoms with Gasteiger partial charge in [0.05, 0.1) is 4.90 Å². The lowest BCUT2D eigenvalue weighted by Gasteiger charge is -2.26.